The standard InChI is InChI=1S/C22H22FN3O5/c1-25-19-15(12-9-16(29-2)20(31-4)17(10-12)30-3)11-18(27)26(21(19)24-22(25)28)14-7-5-13(23)6-8-14/h5-10,15,19H,11H2,1-4H3/t15-,19+/m1/s1. The summed E-state index contributed by atoms with van der Waals surface area (Å²) < 4.78 is 29.7. The number of hydrogen-bond donors (Lipinski definition) is 0. The van der Waals surface area contributed by atoms with Crippen molar-refractivity contribution in [2.45, 2.75) is 18.4 Å². The Balaban J connectivity index is 1.80. The molecule has 9 heteroatoms. The fourth-order valence-electron chi connectivity index (χ4n) is 4.17. The zero-order valence-corrected chi connectivity index (χ0v) is 17.6. The molecule has 0 radical (unpaired) electrons. The molecule has 31 heavy (non-hydrogen) atoms. The Morgan fingerprint density at radius 2 is 1.61 bits per heavy atom. The van der Waals surface area contributed by atoms with E-state index in [2.05, 4.69) is 4.99 Å². The quantitative estimate of drug-likeness (QED) is 0.732. The van der Waals surface area contributed by atoms with Gasteiger partial charge in [-0.1, -0.05) is 0 Å². The predicted octanol–water partition coefficient (Wildman–Crippen LogP) is 3.20. The number of hydrogen-bond acceptors (Lipinski definition) is 5. The van der Waals surface area contributed by atoms with Crippen LogP contribution in [0.3, 0.4) is 0 Å². The number of amides is 3. The first kappa shape index (κ1) is 20.6. The van der Waals surface area contributed by atoms with E-state index in [1.807, 2.05) is 0 Å². The van der Waals surface area contributed by atoms with Crippen LogP contribution in [0.5, 0.6) is 17.2 Å². The molecule has 2 aromatic carbocycles. The highest BCUT2D eigenvalue weighted by molar-refractivity contribution is 6.25. The Hall–Kier alpha value is -3.62. The van der Waals surface area contributed by atoms with Crippen molar-refractivity contribution in [1.82, 2.24) is 4.90 Å². The minimum atomic E-state index is -0.488. The molecule has 0 spiro atoms. The van der Waals surface area contributed by atoms with Gasteiger partial charge >= 0.3 is 6.03 Å². The molecule has 2 aliphatic heterocycles. The van der Waals surface area contributed by atoms with Crippen molar-refractivity contribution in [3.63, 3.8) is 0 Å². The maximum atomic E-state index is 13.4. The maximum Gasteiger partial charge on any atom is 0.345 e. The normalized spacial score (nSPS) is 20.5. The van der Waals surface area contributed by atoms with Gasteiger partial charge in [0.2, 0.25) is 11.7 Å². The minimum absolute atomic E-state index is 0.108. The van der Waals surface area contributed by atoms with E-state index in [0.29, 0.717) is 28.8 Å². The van der Waals surface area contributed by atoms with E-state index in [9.17, 15) is 14.0 Å². The molecular weight excluding hydrogens is 405 g/mol. The monoisotopic (exact) mass is 427 g/mol. The van der Waals surface area contributed by atoms with Crippen molar-refractivity contribution in [3.05, 3.63) is 47.8 Å². The summed E-state index contributed by atoms with van der Waals surface area (Å²) in [5.41, 5.74) is 1.21. The zero-order chi connectivity index (χ0) is 22.3. The number of anilines is 1. The van der Waals surface area contributed by atoms with Crippen molar-refractivity contribution >= 4 is 23.5 Å². The number of fused-ring (bicyclic) bond motifs is 1. The van der Waals surface area contributed by atoms with Crippen LogP contribution in [-0.4, -0.2) is 57.1 Å². The molecule has 4 rings (SSSR count). The summed E-state index contributed by atoms with van der Waals surface area (Å²) in [7, 11) is 6.19. The number of halogens is 1. The number of ether oxygens (including phenoxy) is 3. The van der Waals surface area contributed by atoms with Crippen LogP contribution >= 0.6 is 0 Å². The Kier molecular flexibility index (Phi) is 5.26. The fraction of sp³-hybridized carbons (Fsp3) is 0.318. The van der Waals surface area contributed by atoms with Gasteiger partial charge in [0.15, 0.2) is 11.5 Å². The third kappa shape index (κ3) is 3.35. The van der Waals surface area contributed by atoms with Gasteiger partial charge in [0.05, 0.1) is 33.1 Å². The second-order valence-electron chi connectivity index (χ2n) is 7.28. The van der Waals surface area contributed by atoms with Crippen LogP contribution in [0.2, 0.25) is 0 Å². The third-order valence-electron chi connectivity index (χ3n) is 5.65. The van der Waals surface area contributed by atoms with Gasteiger partial charge in [-0.05, 0) is 42.0 Å². The summed E-state index contributed by atoms with van der Waals surface area (Å²) in [6, 6.07) is 8.15. The van der Waals surface area contributed by atoms with E-state index in [1.54, 1.807) is 19.2 Å². The lowest BCUT2D eigenvalue weighted by molar-refractivity contribution is -0.118. The number of likely N-dealkylation sites (N-methyl/N-ethyl adjacent to an activating group) is 1. The number of carbonyl (C=O) groups excluding carboxylic acids is 2. The van der Waals surface area contributed by atoms with E-state index in [1.165, 1.54) is 55.4 Å². The molecule has 0 saturated carbocycles. The maximum absolute atomic E-state index is 13.4. The molecule has 0 bridgehead atoms. The van der Waals surface area contributed by atoms with Crippen molar-refractivity contribution < 1.29 is 28.2 Å². The van der Waals surface area contributed by atoms with Gasteiger partial charge in [-0.15, -0.1) is 0 Å². The zero-order valence-electron chi connectivity index (χ0n) is 17.6. The van der Waals surface area contributed by atoms with Crippen LogP contribution in [0.1, 0.15) is 17.9 Å². The van der Waals surface area contributed by atoms with Crippen LogP contribution in [0, 0.1) is 5.82 Å². The van der Waals surface area contributed by atoms with E-state index >= 15 is 0 Å². The lowest BCUT2D eigenvalue weighted by Gasteiger charge is -2.39. The van der Waals surface area contributed by atoms with Crippen LogP contribution < -0.4 is 19.1 Å². The first-order valence-corrected chi connectivity index (χ1v) is 9.63. The van der Waals surface area contributed by atoms with Crippen molar-refractivity contribution in [2.75, 3.05) is 33.3 Å². The first-order chi connectivity index (χ1) is 14.9. The van der Waals surface area contributed by atoms with Crippen LogP contribution in [0.4, 0.5) is 14.9 Å². The van der Waals surface area contributed by atoms with Gasteiger partial charge in [-0.2, -0.15) is 4.99 Å². The molecule has 2 atom stereocenters. The minimum Gasteiger partial charge on any atom is -0.493 e. The highest BCUT2D eigenvalue weighted by atomic mass is 19.1. The molecule has 2 aromatic rings. The highest BCUT2D eigenvalue weighted by Gasteiger charge is 2.48. The summed E-state index contributed by atoms with van der Waals surface area (Å²) in [6.45, 7) is 0. The lowest BCUT2D eigenvalue weighted by Crippen LogP contribution is -2.54. The fourth-order valence-corrected chi connectivity index (χ4v) is 4.17. The van der Waals surface area contributed by atoms with Gasteiger partial charge in [-0.3, -0.25) is 9.69 Å². The summed E-state index contributed by atoms with van der Waals surface area (Å²) in [4.78, 5) is 32.7. The number of urea groups is 1. The molecule has 0 aliphatic carbocycles. The number of benzene rings is 2. The second-order valence-corrected chi connectivity index (χ2v) is 7.28. The van der Waals surface area contributed by atoms with Gasteiger partial charge in [0, 0.05) is 19.4 Å². The Labute approximate surface area is 178 Å². The molecule has 2 heterocycles. The number of nitrogens with zero attached hydrogens (tertiary/aromatic N) is 3. The number of piperidine rings is 1. The molecular formula is C22H22FN3O5. The highest BCUT2D eigenvalue weighted by Crippen LogP contribution is 2.44. The van der Waals surface area contributed by atoms with E-state index in [0.717, 1.165) is 5.56 Å². The Morgan fingerprint density at radius 1 is 1.00 bits per heavy atom. The summed E-state index contributed by atoms with van der Waals surface area (Å²) in [5.74, 6) is 0.618. The summed E-state index contributed by atoms with van der Waals surface area (Å²) in [6.07, 6.45) is 0.108. The number of carbonyl (C=O) groups is 2. The lowest BCUT2D eigenvalue weighted by atomic mass is 9.83. The summed E-state index contributed by atoms with van der Waals surface area (Å²) >= 11 is 0. The van der Waals surface area contributed by atoms with Crippen molar-refractivity contribution in [3.8, 4) is 17.2 Å². The van der Waals surface area contributed by atoms with E-state index < -0.39 is 17.9 Å². The van der Waals surface area contributed by atoms with Gasteiger partial charge in [0.1, 0.15) is 11.7 Å². The van der Waals surface area contributed by atoms with E-state index in [-0.39, 0.29) is 18.2 Å². The van der Waals surface area contributed by atoms with Crippen LogP contribution in [0.15, 0.2) is 41.4 Å². The average molecular weight is 427 g/mol. The van der Waals surface area contributed by atoms with Gasteiger partial charge in [0.25, 0.3) is 0 Å². The molecule has 3 amide bonds. The smallest absolute Gasteiger partial charge is 0.345 e. The largest absolute Gasteiger partial charge is 0.493 e. The molecule has 0 N–H and O–H groups in total. The molecule has 8 nitrogen and oxygen atoms in total. The molecule has 0 aromatic heterocycles. The SMILES string of the molecule is COc1cc([C@H]2CC(=O)N(c3ccc(F)cc3)C3=NC(=O)N(C)[C@H]32)cc(OC)c1OC. The average Bonchev–Trinajstić information content (AvgIpc) is 3.07. The second kappa shape index (κ2) is 7.90. The first-order valence-electron chi connectivity index (χ1n) is 9.63. The Morgan fingerprint density at radius 3 is 2.16 bits per heavy atom. The number of methoxy groups -OCH3 is 3. The number of aliphatic imine (C=N–C) groups is 1. The molecule has 162 valence electrons. The summed E-state index contributed by atoms with van der Waals surface area (Å²) in [5, 5.41) is 0. The topological polar surface area (TPSA) is 80.7 Å². The molecule has 2 aliphatic rings. The van der Waals surface area contributed by atoms with Crippen molar-refractivity contribution in [2.24, 2.45) is 4.99 Å². The van der Waals surface area contributed by atoms with E-state index in [4.69, 9.17) is 14.2 Å². The van der Waals surface area contributed by atoms with Crippen LogP contribution in [0.25, 0.3) is 0 Å². The number of amidine groups is 1. The van der Waals surface area contributed by atoms with Crippen molar-refractivity contribution in [1.29, 1.82) is 0 Å². The van der Waals surface area contributed by atoms with Gasteiger partial charge in [-0.25, -0.2) is 9.18 Å². The van der Waals surface area contributed by atoms with Crippen LogP contribution in [-0.2, 0) is 4.79 Å². The van der Waals surface area contributed by atoms with Gasteiger partial charge < -0.3 is 19.1 Å². The third-order valence-corrected chi connectivity index (χ3v) is 5.65. The molecule has 0 unspecified atom stereocenters. The predicted molar refractivity (Wildman–Crippen MR) is 112 cm³/mol. The molecule has 1 saturated heterocycles. The Bertz CT molecular complexity index is 1040. The molecule has 1 fully saturated rings. The number of rotatable bonds is 5.